The summed E-state index contributed by atoms with van der Waals surface area (Å²) in [6, 6.07) is 7.87. The van der Waals surface area contributed by atoms with E-state index in [2.05, 4.69) is 0 Å². The zero-order valence-electron chi connectivity index (χ0n) is 15.3. The highest BCUT2D eigenvalue weighted by Crippen LogP contribution is 2.38. The number of rotatable bonds is 4. The van der Waals surface area contributed by atoms with Gasteiger partial charge in [-0.1, -0.05) is 24.3 Å². The van der Waals surface area contributed by atoms with Gasteiger partial charge in [-0.05, 0) is 57.6 Å². The van der Waals surface area contributed by atoms with Gasteiger partial charge in [0.1, 0.15) is 12.3 Å². The summed E-state index contributed by atoms with van der Waals surface area (Å²) in [5.41, 5.74) is 1.21. The van der Waals surface area contributed by atoms with E-state index >= 15 is 0 Å². The fraction of sp³-hybridized carbons (Fsp3) is 0.650. The molecule has 0 spiro atoms. The van der Waals surface area contributed by atoms with E-state index < -0.39 is 12.3 Å². The molecule has 2 unspecified atom stereocenters. The maximum Gasteiger partial charge on any atom is 0.410 e. The van der Waals surface area contributed by atoms with E-state index in [1.54, 1.807) is 6.07 Å². The Kier molecular flexibility index (Phi) is 5.32. The van der Waals surface area contributed by atoms with Gasteiger partial charge in [-0.3, -0.25) is 0 Å². The van der Waals surface area contributed by atoms with Gasteiger partial charge in [0.2, 0.25) is 0 Å². The van der Waals surface area contributed by atoms with Crippen molar-refractivity contribution in [1.82, 2.24) is 4.90 Å². The third-order valence-electron chi connectivity index (χ3n) is 4.93. The molecular formula is C20H28FNO3. The van der Waals surface area contributed by atoms with Crippen LogP contribution in [0.15, 0.2) is 24.3 Å². The third-order valence-corrected chi connectivity index (χ3v) is 4.93. The van der Waals surface area contributed by atoms with Crippen LogP contribution in [-0.2, 0) is 22.8 Å². The van der Waals surface area contributed by atoms with Crippen molar-refractivity contribution >= 4 is 6.09 Å². The molecule has 1 amide bonds. The SMILES string of the molecule is CC(C)(C)OC(=O)N1C2CCC1CC(OCc1cccc(CF)c1)C2. The lowest BCUT2D eigenvalue weighted by atomic mass is 10.00. The number of carbonyl (C=O) groups excluding carboxylic acids is 1. The molecule has 0 aromatic heterocycles. The fourth-order valence-electron chi connectivity index (χ4n) is 3.89. The molecule has 2 heterocycles. The second-order valence-electron chi connectivity index (χ2n) is 8.13. The molecule has 4 nitrogen and oxygen atoms in total. The van der Waals surface area contributed by atoms with Gasteiger partial charge in [-0.2, -0.15) is 0 Å². The minimum absolute atomic E-state index is 0.144. The maximum atomic E-state index is 12.8. The van der Waals surface area contributed by atoms with E-state index in [1.165, 1.54) is 0 Å². The Bertz CT molecular complexity index is 599. The molecule has 2 saturated heterocycles. The van der Waals surface area contributed by atoms with Crippen LogP contribution < -0.4 is 0 Å². The Morgan fingerprint density at radius 3 is 2.44 bits per heavy atom. The molecule has 3 rings (SSSR count). The predicted octanol–water partition coefficient (Wildman–Crippen LogP) is 4.60. The molecule has 25 heavy (non-hydrogen) atoms. The summed E-state index contributed by atoms with van der Waals surface area (Å²) in [7, 11) is 0. The summed E-state index contributed by atoms with van der Waals surface area (Å²) in [5, 5.41) is 0. The van der Waals surface area contributed by atoms with Gasteiger partial charge in [-0.15, -0.1) is 0 Å². The summed E-state index contributed by atoms with van der Waals surface area (Å²) >= 11 is 0. The number of piperidine rings is 1. The molecule has 2 aliphatic rings. The Balaban J connectivity index is 1.55. The van der Waals surface area contributed by atoms with E-state index in [0.717, 1.165) is 31.2 Å². The quantitative estimate of drug-likeness (QED) is 0.797. The topological polar surface area (TPSA) is 38.8 Å². The van der Waals surface area contributed by atoms with Crippen molar-refractivity contribution in [2.45, 2.75) is 83.5 Å². The Labute approximate surface area is 149 Å². The van der Waals surface area contributed by atoms with Crippen LogP contribution in [0.2, 0.25) is 0 Å². The number of amides is 1. The number of carbonyl (C=O) groups is 1. The van der Waals surface area contributed by atoms with Crippen molar-refractivity contribution in [2.75, 3.05) is 0 Å². The highest BCUT2D eigenvalue weighted by Gasteiger charge is 2.45. The van der Waals surface area contributed by atoms with E-state index in [9.17, 15) is 9.18 Å². The minimum Gasteiger partial charge on any atom is -0.444 e. The minimum atomic E-state index is -0.467. The molecule has 2 bridgehead atoms. The van der Waals surface area contributed by atoms with Crippen LogP contribution in [0.1, 0.15) is 57.6 Å². The van der Waals surface area contributed by atoms with Crippen LogP contribution in [0, 0.1) is 0 Å². The lowest BCUT2D eigenvalue weighted by Gasteiger charge is -2.39. The molecule has 0 saturated carbocycles. The summed E-state index contributed by atoms with van der Waals surface area (Å²) in [6.07, 6.45) is 3.67. The van der Waals surface area contributed by atoms with Gasteiger partial charge in [0.25, 0.3) is 0 Å². The number of ether oxygens (including phenoxy) is 2. The van der Waals surface area contributed by atoms with Gasteiger partial charge in [0.05, 0.1) is 12.7 Å². The molecule has 0 N–H and O–H groups in total. The number of hydrogen-bond donors (Lipinski definition) is 0. The summed E-state index contributed by atoms with van der Waals surface area (Å²) in [4.78, 5) is 14.4. The summed E-state index contributed by atoms with van der Waals surface area (Å²) < 4.78 is 24.4. The highest BCUT2D eigenvalue weighted by atomic mass is 19.1. The van der Waals surface area contributed by atoms with Crippen molar-refractivity contribution in [3.63, 3.8) is 0 Å². The van der Waals surface area contributed by atoms with Gasteiger partial charge < -0.3 is 14.4 Å². The van der Waals surface area contributed by atoms with Gasteiger partial charge in [0.15, 0.2) is 0 Å². The van der Waals surface area contributed by atoms with E-state index in [1.807, 2.05) is 43.9 Å². The molecule has 0 aliphatic carbocycles. The van der Waals surface area contributed by atoms with Crippen LogP contribution in [-0.4, -0.2) is 34.8 Å². The lowest BCUT2D eigenvalue weighted by molar-refractivity contribution is -0.0397. The number of fused-ring (bicyclic) bond motifs is 2. The van der Waals surface area contributed by atoms with E-state index in [4.69, 9.17) is 9.47 Å². The molecule has 5 heteroatoms. The smallest absolute Gasteiger partial charge is 0.410 e. The average Bonchev–Trinajstić information content (AvgIpc) is 2.83. The predicted molar refractivity (Wildman–Crippen MR) is 93.9 cm³/mol. The Morgan fingerprint density at radius 2 is 1.84 bits per heavy atom. The zero-order chi connectivity index (χ0) is 18.0. The van der Waals surface area contributed by atoms with Crippen molar-refractivity contribution in [3.05, 3.63) is 35.4 Å². The van der Waals surface area contributed by atoms with Crippen LogP contribution in [0.3, 0.4) is 0 Å². The molecule has 1 aromatic carbocycles. The zero-order valence-corrected chi connectivity index (χ0v) is 15.3. The standard InChI is InChI=1S/C20H28FNO3/c1-20(2,3)25-19(23)22-16-7-8-17(22)11-18(10-16)24-13-15-6-4-5-14(9-15)12-21/h4-6,9,16-18H,7-8,10-13H2,1-3H3. The van der Waals surface area contributed by atoms with Crippen LogP contribution in [0.25, 0.3) is 0 Å². The van der Waals surface area contributed by atoms with Crippen molar-refractivity contribution < 1.29 is 18.7 Å². The van der Waals surface area contributed by atoms with Crippen LogP contribution in [0.5, 0.6) is 0 Å². The first kappa shape index (κ1) is 18.2. The Hall–Kier alpha value is -1.62. The molecule has 0 radical (unpaired) electrons. The largest absolute Gasteiger partial charge is 0.444 e. The van der Waals surface area contributed by atoms with Gasteiger partial charge in [0, 0.05) is 12.1 Å². The first-order valence-electron chi connectivity index (χ1n) is 9.12. The molecule has 1 aromatic rings. The number of halogens is 1. The molecule has 2 aliphatic heterocycles. The number of nitrogens with zero attached hydrogens (tertiary/aromatic N) is 1. The first-order valence-corrected chi connectivity index (χ1v) is 9.12. The molecule has 2 atom stereocenters. The summed E-state index contributed by atoms with van der Waals surface area (Å²) in [6.45, 7) is 5.73. The Morgan fingerprint density at radius 1 is 1.20 bits per heavy atom. The van der Waals surface area contributed by atoms with Gasteiger partial charge >= 0.3 is 6.09 Å². The molecule has 2 fully saturated rings. The van der Waals surface area contributed by atoms with Crippen molar-refractivity contribution in [3.8, 4) is 0 Å². The molecular weight excluding hydrogens is 321 g/mol. The van der Waals surface area contributed by atoms with E-state index in [-0.39, 0.29) is 24.3 Å². The lowest BCUT2D eigenvalue weighted by Crippen LogP contribution is -2.50. The fourth-order valence-corrected chi connectivity index (χ4v) is 3.89. The second kappa shape index (κ2) is 7.32. The van der Waals surface area contributed by atoms with Crippen molar-refractivity contribution in [2.24, 2.45) is 0 Å². The summed E-state index contributed by atoms with van der Waals surface area (Å²) in [5.74, 6) is 0. The highest BCUT2D eigenvalue weighted by molar-refractivity contribution is 5.69. The second-order valence-corrected chi connectivity index (χ2v) is 8.13. The monoisotopic (exact) mass is 349 g/mol. The number of alkyl halides is 1. The van der Waals surface area contributed by atoms with Gasteiger partial charge in [-0.25, -0.2) is 9.18 Å². The maximum absolute atomic E-state index is 12.8. The first-order chi connectivity index (χ1) is 11.9. The normalized spacial score (nSPS) is 25.9. The van der Waals surface area contributed by atoms with E-state index in [0.29, 0.717) is 12.2 Å². The third kappa shape index (κ3) is 4.51. The van der Waals surface area contributed by atoms with Crippen LogP contribution >= 0.6 is 0 Å². The number of benzene rings is 1. The molecule has 138 valence electrons. The number of hydrogen-bond acceptors (Lipinski definition) is 3. The van der Waals surface area contributed by atoms with Crippen molar-refractivity contribution in [1.29, 1.82) is 0 Å². The van der Waals surface area contributed by atoms with Crippen LogP contribution in [0.4, 0.5) is 9.18 Å². The average molecular weight is 349 g/mol.